The van der Waals surface area contributed by atoms with Crippen molar-refractivity contribution in [1.29, 1.82) is 0 Å². The van der Waals surface area contributed by atoms with Crippen LogP contribution in [-0.2, 0) is 20.6 Å². The SMILES string of the molecule is CC[C@H](C)[C@H](N)C(=O)N[C@@H](Cc1ccc(OP(=O)(O)O)c(O)c1)C(=O)O. The minimum atomic E-state index is -4.84. The smallest absolute Gasteiger partial charge is 0.504 e. The highest BCUT2D eigenvalue weighted by atomic mass is 31.2. The zero-order valence-electron chi connectivity index (χ0n) is 14.3. The lowest BCUT2D eigenvalue weighted by Crippen LogP contribution is -2.51. The molecule has 0 aliphatic carbocycles. The van der Waals surface area contributed by atoms with Crippen LogP contribution < -0.4 is 15.6 Å². The molecular formula is C15H23N2O8P. The van der Waals surface area contributed by atoms with Gasteiger partial charge in [-0.25, -0.2) is 9.36 Å². The van der Waals surface area contributed by atoms with Crippen molar-refractivity contribution in [3.63, 3.8) is 0 Å². The van der Waals surface area contributed by atoms with Gasteiger partial charge in [-0.3, -0.25) is 14.6 Å². The number of amides is 1. The molecule has 0 aliphatic rings. The Hall–Kier alpha value is -2.13. The van der Waals surface area contributed by atoms with E-state index in [1.165, 1.54) is 6.07 Å². The Labute approximate surface area is 150 Å². The van der Waals surface area contributed by atoms with E-state index >= 15 is 0 Å². The van der Waals surface area contributed by atoms with E-state index in [1.807, 2.05) is 6.92 Å². The Bertz CT molecular complexity index is 705. The number of aliphatic carboxylic acids is 1. The van der Waals surface area contributed by atoms with Crippen LogP contribution >= 0.6 is 7.82 Å². The predicted molar refractivity (Wildman–Crippen MR) is 91.5 cm³/mol. The molecule has 0 bridgehead atoms. The highest BCUT2D eigenvalue weighted by Crippen LogP contribution is 2.41. The molecule has 26 heavy (non-hydrogen) atoms. The highest BCUT2D eigenvalue weighted by Gasteiger charge is 2.26. The Kier molecular flexibility index (Phi) is 7.58. The molecule has 0 aliphatic heterocycles. The molecule has 1 aromatic rings. The number of hydrogen-bond donors (Lipinski definition) is 6. The number of rotatable bonds is 9. The first-order chi connectivity index (χ1) is 11.9. The molecule has 3 atom stereocenters. The molecule has 1 amide bonds. The maximum absolute atomic E-state index is 12.1. The number of hydrogen-bond acceptors (Lipinski definition) is 6. The first-order valence-electron chi connectivity index (χ1n) is 7.80. The van der Waals surface area contributed by atoms with Gasteiger partial charge in [-0.2, -0.15) is 0 Å². The molecule has 0 fully saturated rings. The summed E-state index contributed by atoms with van der Waals surface area (Å²) in [4.78, 5) is 40.9. The molecule has 1 rings (SSSR count). The Balaban J connectivity index is 2.88. The molecule has 0 aromatic heterocycles. The van der Waals surface area contributed by atoms with Crippen LogP contribution in [0.15, 0.2) is 18.2 Å². The van der Waals surface area contributed by atoms with Crippen molar-refractivity contribution >= 4 is 19.7 Å². The van der Waals surface area contributed by atoms with E-state index in [1.54, 1.807) is 6.92 Å². The van der Waals surface area contributed by atoms with Gasteiger partial charge in [-0.1, -0.05) is 26.3 Å². The number of carboxylic acid groups (broad SMARTS) is 1. The summed E-state index contributed by atoms with van der Waals surface area (Å²) in [5.74, 6) is -3.03. The number of phosphoric ester groups is 1. The van der Waals surface area contributed by atoms with Gasteiger partial charge in [0, 0.05) is 6.42 Å². The van der Waals surface area contributed by atoms with E-state index < -0.39 is 43.3 Å². The molecule has 0 saturated carbocycles. The van der Waals surface area contributed by atoms with Crippen LogP contribution in [0.25, 0.3) is 0 Å². The first-order valence-corrected chi connectivity index (χ1v) is 9.33. The van der Waals surface area contributed by atoms with Crippen molar-refractivity contribution in [2.75, 3.05) is 0 Å². The lowest BCUT2D eigenvalue weighted by Gasteiger charge is -2.21. The summed E-state index contributed by atoms with van der Waals surface area (Å²) in [6, 6.07) is 1.37. The number of phosphoric acid groups is 1. The van der Waals surface area contributed by atoms with Crippen LogP contribution in [0.4, 0.5) is 0 Å². The Morgan fingerprint density at radius 1 is 1.35 bits per heavy atom. The lowest BCUT2D eigenvalue weighted by molar-refractivity contribution is -0.142. The summed E-state index contributed by atoms with van der Waals surface area (Å²) >= 11 is 0. The number of carbonyl (C=O) groups excluding carboxylic acids is 1. The van der Waals surface area contributed by atoms with Gasteiger partial charge >= 0.3 is 13.8 Å². The Morgan fingerprint density at radius 3 is 2.42 bits per heavy atom. The van der Waals surface area contributed by atoms with Crippen LogP contribution in [0.5, 0.6) is 11.5 Å². The number of phenolic OH excluding ortho intramolecular Hbond substituents is 1. The van der Waals surface area contributed by atoms with E-state index in [2.05, 4.69) is 9.84 Å². The minimum Gasteiger partial charge on any atom is -0.504 e. The Morgan fingerprint density at radius 2 is 1.96 bits per heavy atom. The quantitative estimate of drug-likeness (QED) is 0.324. The summed E-state index contributed by atoms with van der Waals surface area (Å²) < 4.78 is 15.1. The van der Waals surface area contributed by atoms with Gasteiger partial charge < -0.3 is 25.8 Å². The van der Waals surface area contributed by atoms with E-state index in [4.69, 9.17) is 15.5 Å². The van der Waals surface area contributed by atoms with Gasteiger partial charge in [0.1, 0.15) is 6.04 Å². The normalized spacial score (nSPS) is 15.0. The second-order valence-electron chi connectivity index (χ2n) is 5.90. The second-order valence-corrected chi connectivity index (χ2v) is 7.06. The summed E-state index contributed by atoms with van der Waals surface area (Å²) in [7, 11) is -4.84. The first kappa shape index (κ1) is 21.9. The van der Waals surface area contributed by atoms with Crippen molar-refractivity contribution < 1.29 is 38.7 Å². The number of benzene rings is 1. The largest absolute Gasteiger partial charge is 0.524 e. The topological polar surface area (TPSA) is 179 Å². The minimum absolute atomic E-state index is 0.127. The van der Waals surface area contributed by atoms with Crippen LogP contribution in [0.1, 0.15) is 25.8 Å². The number of phenols is 1. The van der Waals surface area contributed by atoms with E-state index in [9.17, 15) is 24.4 Å². The number of nitrogens with one attached hydrogen (secondary N) is 1. The van der Waals surface area contributed by atoms with E-state index in [0.717, 1.165) is 12.1 Å². The summed E-state index contributed by atoms with van der Waals surface area (Å²) in [6.07, 6.45) is 0.485. The van der Waals surface area contributed by atoms with Crippen molar-refractivity contribution in [3.05, 3.63) is 23.8 Å². The number of carbonyl (C=O) groups is 2. The average Bonchev–Trinajstić information content (AvgIpc) is 2.53. The monoisotopic (exact) mass is 390 g/mol. The van der Waals surface area contributed by atoms with Gasteiger partial charge in [0.15, 0.2) is 11.5 Å². The summed E-state index contributed by atoms with van der Waals surface area (Å²) in [5, 5.41) is 21.4. The third-order valence-electron chi connectivity index (χ3n) is 3.85. The number of nitrogens with two attached hydrogens (primary N) is 1. The molecule has 7 N–H and O–H groups in total. The van der Waals surface area contributed by atoms with Gasteiger partial charge in [0.25, 0.3) is 0 Å². The van der Waals surface area contributed by atoms with Crippen molar-refractivity contribution in [2.45, 2.75) is 38.8 Å². The predicted octanol–water partition coefficient (Wildman–Crippen LogP) is 0.349. The van der Waals surface area contributed by atoms with Crippen LogP contribution in [-0.4, -0.2) is 44.0 Å². The van der Waals surface area contributed by atoms with Crippen molar-refractivity contribution in [2.24, 2.45) is 11.7 Å². The maximum atomic E-state index is 12.1. The van der Waals surface area contributed by atoms with Crippen molar-refractivity contribution in [3.8, 4) is 11.5 Å². The molecule has 0 unspecified atom stereocenters. The second kappa shape index (κ2) is 9.00. The average molecular weight is 390 g/mol. The molecule has 11 heteroatoms. The number of carboxylic acids is 1. The molecule has 0 spiro atoms. The van der Waals surface area contributed by atoms with Gasteiger partial charge in [-0.05, 0) is 23.6 Å². The highest BCUT2D eigenvalue weighted by molar-refractivity contribution is 7.46. The fourth-order valence-corrected chi connectivity index (χ4v) is 2.52. The maximum Gasteiger partial charge on any atom is 0.524 e. The zero-order chi connectivity index (χ0) is 20.1. The van der Waals surface area contributed by atoms with Gasteiger partial charge in [0.2, 0.25) is 5.91 Å². The molecule has 0 saturated heterocycles. The molecule has 1 aromatic carbocycles. The summed E-state index contributed by atoms with van der Waals surface area (Å²) in [6.45, 7) is 3.63. The molecular weight excluding hydrogens is 367 g/mol. The third-order valence-corrected chi connectivity index (χ3v) is 4.29. The van der Waals surface area contributed by atoms with Crippen LogP contribution in [0.2, 0.25) is 0 Å². The molecule has 0 radical (unpaired) electrons. The van der Waals surface area contributed by atoms with Crippen molar-refractivity contribution in [1.82, 2.24) is 5.32 Å². The summed E-state index contributed by atoms with van der Waals surface area (Å²) in [5.41, 5.74) is 6.09. The van der Waals surface area contributed by atoms with E-state index in [-0.39, 0.29) is 12.3 Å². The number of aromatic hydroxyl groups is 1. The zero-order valence-corrected chi connectivity index (χ0v) is 15.2. The van der Waals surface area contributed by atoms with Gasteiger partial charge in [-0.15, -0.1) is 0 Å². The fraction of sp³-hybridized carbons (Fsp3) is 0.467. The molecule has 10 nitrogen and oxygen atoms in total. The third kappa shape index (κ3) is 6.64. The van der Waals surface area contributed by atoms with Crippen LogP contribution in [0, 0.1) is 5.92 Å². The molecule has 0 heterocycles. The van der Waals surface area contributed by atoms with Crippen LogP contribution in [0.3, 0.4) is 0 Å². The lowest BCUT2D eigenvalue weighted by atomic mass is 9.98. The fourth-order valence-electron chi connectivity index (χ4n) is 2.11. The molecule has 146 valence electrons. The van der Waals surface area contributed by atoms with Gasteiger partial charge in [0.05, 0.1) is 6.04 Å². The van der Waals surface area contributed by atoms with E-state index in [0.29, 0.717) is 12.0 Å². The standard InChI is InChI=1S/C15H23N2O8P/c1-3-8(2)13(16)14(19)17-10(15(20)21)6-9-4-5-12(11(18)7-9)25-26(22,23)24/h4-5,7-8,10,13,18H,3,6,16H2,1-2H3,(H,17,19)(H,20,21)(H2,22,23,24)/t8-,10-,13-/m0/s1.